The van der Waals surface area contributed by atoms with Gasteiger partial charge in [-0.2, -0.15) is 10.4 Å². The molecule has 0 aliphatic carbocycles. The second-order valence-electron chi connectivity index (χ2n) is 3.21. The van der Waals surface area contributed by atoms with E-state index in [0.29, 0.717) is 5.56 Å². The number of nitrogens with zero attached hydrogens (tertiary/aromatic N) is 3. The minimum atomic E-state index is -0.353. The van der Waals surface area contributed by atoms with Crippen LogP contribution in [0.4, 0.5) is 0 Å². The second kappa shape index (κ2) is 4.37. The van der Waals surface area contributed by atoms with Gasteiger partial charge < -0.3 is 0 Å². The third kappa shape index (κ3) is 2.07. The predicted octanol–water partition coefficient (Wildman–Crippen LogP) is 2.91. The molecule has 1 amide bonds. The number of nitriles is 1. The molecule has 1 aliphatic heterocycles. The van der Waals surface area contributed by atoms with Crippen LogP contribution in [0.25, 0.3) is 0 Å². The molecule has 5 heteroatoms. The summed E-state index contributed by atoms with van der Waals surface area (Å²) in [7, 11) is 0. The topological polar surface area (TPSA) is 65.6 Å². The van der Waals surface area contributed by atoms with Gasteiger partial charge in [0.05, 0.1) is 5.56 Å². The van der Waals surface area contributed by atoms with Crippen molar-refractivity contribution in [2.24, 2.45) is 10.2 Å². The first-order valence-electron chi connectivity index (χ1n) is 4.53. The van der Waals surface area contributed by atoms with Crippen LogP contribution < -0.4 is 0 Å². The van der Waals surface area contributed by atoms with E-state index in [1.165, 1.54) is 6.08 Å². The summed E-state index contributed by atoms with van der Waals surface area (Å²) in [4.78, 5) is 10.8. The van der Waals surface area contributed by atoms with E-state index in [9.17, 15) is 4.79 Å². The highest BCUT2D eigenvalue weighted by molar-refractivity contribution is 9.10. The highest BCUT2D eigenvalue weighted by atomic mass is 79.9. The highest BCUT2D eigenvalue weighted by Crippen LogP contribution is 2.26. The average molecular weight is 276 g/mol. The van der Waals surface area contributed by atoms with Gasteiger partial charge in [-0.05, 0) is 39.7 Å². The van der Waals surface area contributed by atoms with Crippen molar-refractivity contribution in [3.8, 4) is 6.07 Å². The van der Waals surface area contributed by atoms with E-state index in [1.807, 2.05) is 6.07 Å². The quantitative estimate of drug-likeness (QED) is 0.791. The lowest BCUT2D eigenvalue weighted by atomic mass is 10.0. The van der Waals surface area contributed by atoms with Crippen LogP contribution in [-0.4, -0.2) is 5.91 Å². The molecule has 1 aromatic rings. The van der Waals surface area contributed by atoms with Crippen LogP contribution in [0, 0.1) is 11.3 Å². The van der Waals surface area contributed by atoms with Crippen LogP contribution in [-0.2, 0) is 4.79 Å². The number of carbonyl (C=O) groups is 1. The molecule has 0 aromatic heterocycles. The third-order valence-electron chi connectivity index (χ3n) is 2.15. The first-order valence-corrected chi connectivity index (χ1v) is 5.32. The van der Waals surface area contributed by atoms with Gasteiger partial charge in [0.1, 0.15) is 12.1 Å². The largest absolute Gasteiger partial charge is 0.287 e. The van der Waals surface area contributed by atoms with Crippen molar-refractivity contribution in [3.05, 3.63) is 46.0 Å². The zero-order chi connectivity index (χ0) is 11.5. The first kappa shape index (κ1) is 10.7. The summed E-state index contributed by atoms with van der Waals surface area (Å²) >= 11 is 3.28. The monoisotopic (exact) mass is 275 g/mol. The van der Waals surface area contributed by atoms with Crippen LogP contribution in [0.5, 0.6) is 0 Å². The number of halogens is 1. The van der Waals surface area contributed by atoms with Gasteiger partial charge in [0.2, 0.25) is 0 Å². The summed E-state index contributed by atoms with van der Waals surface area (Å²) in [5, 5.41) is 16.2. The number of amides is 1. The Hall–Kier alpha value is -1.80. The fraction of sp³-hybridized carbons (Fsp3) is 0.0909. The standard InChI is InChI=1S/C11H6BrN3O/c12-9-2-1-7(5-8(9)6-13)10-3-4-11(16)15-14-10/h1-5,10H. The highest BCUT2D eigenvalue weighted by Gasteiger charge is 2.13. The van der Waals surface area contributed by atoms with Crippen LogP contribution in [0.15, 0.2) is 45.1 Å². The van der Waals surface area contributed by atoms with E-state index >= 15 is 0 Å². The van der Waals surface area contributed by atoms with Crippen LogP contribution in [0.2, 0.25) is 0 Å². The first-order chi connectivity index (χ1) is 7.70. The second-order valence-corrected chi connectivity index (χ2v) is 4.06. The van der Waals surface area contributed by atoms with E-state index in [1.54, 1.807) is 18.2 Å². The van der Waals surface area contributed by atoms with Gasteiger partial charge in [0.15, 0.2) is 0 Å². The predicted molar refractivity (Wildman–Crippen MR) is 60.6 cm³/mol. The Morgan fingerprint density at radius 2 is 2.25 bits per heavy atom. The molecule has 2 rings (SSSR count). The normalized spacial score (nSPS) is 18.5. The van der Waals surface area contributed by atoms with E-state index in [2.05, 4.69) is 32.2 Å². The van der Waals surface area contributed by atoms with Gasteiger partial charge in [0, 0.05) is 10.5 Å². The molecule has 0 radical (unpaired) electrons. The van der Waals surface area contributed by atoms with Crippen molar-refractivity contribution in [2.75, 3.05) is 0 Å². The van der Waals surface area contributed by atoms with Crippen molar-refractivity contribution in [2.45, 2.75) is 6.04 Å². The molecule has 0 fully saturated rings. The molecule has 0 saturated heterocycles. The fourth-order valence-corrected chi connectivity index (χ4v) is 1.69. The Balaban J connectivity index is 2.36. The molecule has 0 N–H and O–H groups in total. The van der Waals surface area contributed by atoms with E-state index in [-0.39, 0.29) is 11.9 Å². The van der Waals surface area contributed by atoms with Gasteiger partial charge in [-0.15, -0.1) is 5.11 Å². The van der Waals surface area contributed by atoms with Crippen molar-refractivity contribution < 1.29 is 4.79 Å². The van der Waals surface area contributed by atoms with Crippen molar-refractivity contribution >= 4 is 21.8 Å². The molecule has 0 bridgehead atoms. The van der Waals surface area contributed by atoms with Crippen LogP contribution in [0.3, 0.4) is 0 Å². The maximum Gasteiger partial charge on any atom is 0.287 e. The van der Waals surface area contributed by atoms with E-state index in [4.69, 9.17) is 5.26 Å². The lowest BCUT2D eigenvalue weighted by Gasteiger charge is -2.09. The number of azo groups is 1. The Bertz CT molecular complexity index is 527. The maximum atomic E-state index is 10.8. The smallest absolute Gasteiger partial charge is 0.266 e. The Morgan fingerprint density at radius 3 is 2.88 bits per heavy atom. The Morgan fingerprint density at radius 1 is 1.44 bits per heavy atom. The molecule has 1 atom stereocenters. The van der Waals surface area contributed by atoms with Gasteiger partial charge in [-0.3, -0.25) is 4.79 Å². The van der Waals surface area contributed by atoms with Gasteiger partial charge in [0.25, 0.3) is 5.91 Å². The minimum Gasteiger partial charge on any atom is -0.266 e. The summed E-state index contributed by atoms with van der Waals surface area (Å²) in [6, 6.07) is 7.15. The van der Waals surface area contributed by atoms with Gasteiger partial charge in [-0.25, -0.2) is 0 Å². The number of benzene rings is 1. The molecule has 0 spiro atoms. The molecule has 1 unspecified atom stereocenters. The zero-order valence-corrected chi connectivity index (χ0v) is 9.68. The molecule has 78 valence electrons. The number of rotatable bonds is 1. The summed E-state index contributed by atoms with van der Waals surface area (Å²) in [5.74, 6) is -0.353. The summed E-state index contributed by atoms with van der Waals surface area (Å²) in [5.41, 5.74) is 1.38. The SMILES string of the molecule is N#Cc1cc(C2C=CC(=O)N=N2)ccc1Br. The van der Waals surface area contributed by atoms with Gasteiger partial charge in [-0.1, -0.05) is 6.07 Å². The van der Waals surface area contributed by atoms with Crippen molar-refractivity contribution in [1.29, 1.82) is 5.26 Å². The zero-order valence-electron chi connectivity index (χ0n) is 8.09. The molecule has 1 aliphatic rings. The lowest BCUT2D eigenvalue weighted by molar-refractivity contribution is -0.114. The molecule has 1 aromatic carbocycles. The van der Waals surface area contributed by atoms with Crippen LogP contribution >= 0.6 is 15.9 Å². The lowest BCUT2D eigenvalue weighted by Crippen LogP contribution is -1.99. The number of hydrogen-bond donors (Lipinski definition) is 0. The molecule has 16 heavy (non-hydrogen) atoms. The van der Waals surface area contributed by atoms with Crippen molar-refractivity contribution in [3.63, 3.8) is 0 Å². The van der Waals surface area contributed by atoms with Crippen molar-refractivity contribution in [1.82, 2.24) is 0 Å². The Labute approximate surface area is 100 Å². The number of carbonyl (C=O) groups excluding carboxylic acids is 1. The average Bonchev–Trinajstić information content (AvgIpc) is 2.31. The molecule has 0 saturated carbocycles. The third-order valence-corrected chi connectivity index (χ3v) is 2.85. The number of hydrogen-bond acceptors (Lipinski definition) is 3. The van der Waals surface area contributed by atoms with E-state index in [0.717, 1.165) is 10.0 Å². The van der Waals surface area contributed by atoms with Gasteiger partial charge >= 0.3 is 0 Å². The molecular weight excluding hydrogens is 270 g/mol. The molecule has 4 nitrogen and oxygen atoms in total. The molecular formula is C11H6BrN3O. The Kier molecular flexibility index (Phi) is 2.93. The summed E-state index contributed by atoms with van der Waals surface area (Å²) in [6.07, 6.45) is 3.05. The molecule has 1 heterocycles. The van der Waals surface area contributed by atoms with E-state index < -0.39 is 0 Å². The maximum absolute atomic E-state index is 10.8. The van der Waals surface area contributed by atoms with Crippen LogP contribution in [0.1, 0.15) is 17.2 Å². The minimum absolute atomic E-state index is 0.280. The fourth-order valence-electron chi connectivity index (χ4n) is 1.35. The summed E-state index contributed by atoms with van der Waals surface area (Å²) in [6.45, 7) is 0. The summed E-state index contributed by atoms with van der Waals surface area (Å²) < 4.78 is 0.742.